The lowest BCUT2D eigenvalue weighted by Crippen LogP contribution is -2.40. The largest absolute Gasteiger partial charge is 0.504 e. The Bertz CT molecular complexity index is 744. The van der Waals surface area contributed by atoms with E-state index in [-0.39, 0.29) is 17.6 Å². The number of nitrogens with zero attached hydrogens (tertiary/aromatic N) is 2. The summed E-state index contributed by atoms with van der Waals surface area (Å²) in [7, 11) is 0. The number of aromatic hydroxyl groups is 1. The van der Waals surface area contributed by atoms with Gasteiger partial charge in [-0.2, -0.15) is 0 Å². The van der Waals surface area contributed by atoms with Crippen LogP contribution in [0.1, 0.15) is 31.0 Å². The number of amides is 1. The molecule has 0 bridgehead atoms. The maximum absolute atomic E-state index is 12.4. The zero-order valence-corrected chi connectivity index (χ0v) is 15.7. The van der Waals surface area contributed by atoms with Gasteiger partial charge in [0.15, 0.2) is 11.5 Å². The fourth-order valence-corrected chi connectivity index (χ4v) is 3.39. The Hall–Kier alpha value is -2.60. The third-order valence-corrected chi connectivity index (χ3v) is 4.90. The first-order chi connectivity index (χ1) is 13.2. The van der Waals surface area contributed by atoms with Crippen molar-refractivity contribution in [2.75, 3.05) is 19.7 Å². The topological polar surface area (TPSA) is 74.7 Å². The predicted molar refractivity (Wildman–Crippen MR) is 103 cm³/mol. The van der Waals surface area contributed by atoms with Crippen LogP contribution < -0.4 is 10.1 Å². The highest BCUT2D eigenvalue weighted by atomic mass is 16.5. The maximum Gasteiger partial charge on any atom is 0.223 e. The minimum Gasteiger partial charge on any atom is -0.504 e. The van der Waals surface area contributed by atoms with E-state index in [9.17, 15) is 9.90 Å². The van der Waals surface area contributed by atoms with Gasteiger partial charge >= 0.3 is 0 Å². The fraction of sp³-hybridized carbons (Fsp3) is 0.429. The molecule has 1 aromatic heterocycles. The zero-order valence-electron chi connectivity index (χ0n) is 15.7. The van der Waals surface area contributed by atoms with E-state index >= 15 is 0 Å². The Kier molecular flexibility index (Phi) is 6.65. The Labute approximate surface area is 160 Å². The summed E-state index contributed by atoms with van der Waals surface area (Å²) >= 11 is 0. The van der Waals surface area contributed by atoms with Gasteiger partial charge in [0.05, 0.1) is 18.8 Å². The number of aromatic nitrogens is 1. The average Bonchev–Trinajstić information content (AvgIpc) is 2.71. The van der Waals surface area contributed by atoms with Crippen molar-refractivity contribution in [3.8, 4) is 11.5 Å². The molecule has 3 rings (SSSR count). The van der Waals surface area contributed by atoms with Crippen LogP contribution in [0.3, 0.4) is 0 Å². The van der Waals surface area contributed by atoms with Crippen LogP contribution >= 0.6 is 0 Å². The molecule has 1 aliphatic rings. The normalized spacial score (nSPS) is 15.4. The summed E-state index contributed by atoms with van der Waals surface area (Å²) < 4.78 is 5.45. The lowest BCUT2D eigenvalue weighted by atomic mass is 9.95. The highest BCUT2D eigenvalue weighted by Crippen LogP contribution is 2.31. The third-order valence-electron chi connectivity index (χ3n) is 4.90. The van der Waals surface area contributed by atoms with E-state index in [2.05, 4.69) is 15.2 Å². The van der Waals surface area contributed by atoms with Gasteiger partial charge < -0.3 is 15.2 Å². The molecule has 1 aromatic carbocycles. The molecule has 0 atom stereocenters. The van der Waals surface area contributed by atoms with E-state index in [1.54, 1.807) is 12.3 Å². The van der Waals surface area contributed by atoms with Crippen LogP contribution in [-0.4, -0.2) is 40.6 Å². The first kappa shape index (κ1) is 19.2. The molecular formula is C21H27N3O3. The number of piperidine rings is 1. The predicted octanol–water partition coefficient (Wildman–Crippen LogP) is 2.71. The quantitative estimate of drug-likeness (QED) is 0.785. The number of para-hydroxylation sites is 1. The molecule has 6 nitrogen and oxygen atoms in total. The molecule has 0 unspecified atom stereocenters. The Balaban J connectivity index is 1.47. The molecule has 1 fully saturated rings. The highest BCUT2D eigenvalue weighted by Gasteiger charge is 2.25. The number of nitrogens with one attached hydrogen (secondary N) is 1. The molecule has 2 N–H and O–H groups in total. The number of pyridine rings is 1. The van der Waals surface area contributed by atoms with E-state index in [1.807, 2.05) is 37.3 Å². The molecule has 0 saturated carbocycles. The monoisotopic (exact) mass is 369 g/mol. The first-order valence-electron chi connectivity index (χ1n) is 9.51. The number of benzene rings is 1. The molecule has 0 spiro atoms. The van der Waals surface area contributed by atoms with Crippen molar-refractivity contribution in [3.63, 3.8) is 0 Å². The Morgan fingerprint density at radius 1 is 1.26 bits per heavy atom. The van der Waals surface area contributed by atoms with Crippen molar-refractivity contribution in [1.82, 2.24) is 15.2 Å². The molecule has 2 aromatic rings. The van der Waals surface area contributed by atoms with Crippen molar-refractivity contribution in [2.45, 2.75) is 32.9 Å². The second-order valence-electron chi connectivity index (χ2n) is 6.79. The smallest absolute Gasteiger partial charge is 0.223 e. The van der Waals surface area contributed by atoms with Crippen LogP contribution in [-0.2, 0) is 17.9 Å². The van der Waals surface area contributed by atoms with Crippen LogP contribution in [0.2, 0.25) is 0 Å². The Morgan fingerprint density at radius 2 is 2.07 bits per heavy atom. The molecule has 1 aliphatic heterocycles. The minimum absolute atomic E-state index is 0.0355. The number of carbonyl (C=O) groups is 1. The van der Waals surface area contributed by atoms with E-state index in [4.69, 9.17) is 4.74 Å². The molecule has 2 heterocycles. The summed E-state index contributed by atoms with van der Waals surface area (Å²) in [5.74, 6) is 0.878. The van der Waals surface area contributed by atoms with Gasteiger partial charge in [-0.1, -0.05) is 18.2 Å². The van der Waals surface area contributed by atoms with E-state index in [0.717, 1.165) is 37.2 Å². The summed E-state index contributed by atoms with van der Waals surface area (Å²) in [5.41, 5.74) is 1.73. The van der Waals surface area contributed by atoms with Gasteiger partial charge in [0.2, 0.25) is 5.91 Å². The summed E-state index contributed by atoms with van der Waals surface area (Å²) in [6, 6.07) is 11.3. The molecule has 1 saturated heterocycles. The second kappa shape index (κ2) is 9.37. The van der Waals surface area contributed by atoms with E-state index in [0.29, 0.717) is 25.4 Å². The van der Waals surface area contributed by atoms with Gasteiger partial charge in [-0.05, 0) is 51.1 Å². The van der Waals surface area contributed by atoms with Crippen LogP contribution in [0.5, 0.6) is 11.5 Å². The van der Waals surface area contributed by atoms with Gasteiger partial charge in [-0.25, -0.2) is 0 Å². The van der Waals surface area contributed by atoms with Crippen molar-refractivity contribution in [2.24, 2.45) is 5.92 Å². The van der Waals surface area contributed by atoms with Crippen LogP contribution in [0, 0.1) is 5.92 Å². The van der Waals surface area contributed by atoms with Crippen molar-refractivity contribution in [3.05, 3.63) is 53.9 Å². The number of ether oxygens (including phenoxy) is 1. The number of carbonyl (C=O) groups excluding carboxylic acids is 1. The van der Waals surface area contributed by atoms with Crippen LogP contribution in [0.4, 0.5) is 0 Å². The van der Waals surface area contributed by atoms with Gasteiger partial charge in [0, 0.05) is 24.2 Å². The SMILES string of the molecule is CCOc1cccc(CN2CCC(C(=O)NCc3ccccn3)CC2)c1O. The number of phenols is 1. The number of hydrogen-bond donors (Lipinski definition) is 2. The number of likely N-dealkylation sites (tertiary alicyclic amines) is 1. The average molecular weight is 369 g/mol. The zero-order chi connectivity index (χ0) is 19.1. The van der Waals surface area contributed by atoms with E-state index < -0.39 is 0 Å². The van der Waals surface area contributed by atoms with Gasteiger partial charge in [-0.3, -0.25) is 14.7 Å². The standard InChI is InChI=1S/C21H27N3O3/c1-2-27-19-8-5-6-17(20(19)25)15-24-12-9-16(10-13-24)21(26)23-14-18-7-3-4-11-22-18/h3-8,11,16,25H,2,9-10,12-15H2,1H3,(H,23,26). The molecule has 144 valence electrons. The van der Waals surface area contributed by atoms with Crippen molar-refractivity contribution in [1.29, 1.82) is 0 Å². The summed E-state index contributed by atoms with van der Waals surface area (Å²) in [4.78, 5) is 18.9. The second-order valence-corrected chi connectivity index (χ2v) is 6.79. The molecule has 27 heavy (non-hydrogen) atoms. The lowest BCUT2D eigenvalue weighted by molar-refractivity contribution is -0.126. The Morgan fingerprint density at radius 3 is 2.78 bits per heavy atom. The van der Waals surface area contributed by atoms with Gasteiger partial charge in [-0.15, -0.1) is 0 Å². The van der Waals surface area contributed by atoms with E-state index in [1.165, 1.54) is 0 Å². The lowest BCUT2D eigenvalue weighted by Gasteiger charge is -2.31. The number of phenolic OH excluding ortho intramolecular Hbond substituents is 1. The van der Waals surface area contributed by atoms with Crippen molar-refractivity contribution < 1.29 is 14.6 Å². The summed E-state index contributed by atoms with van der Waals surface area (Å²) in [6.07, 6.45) is 3.37. The highest BCUT2D eigenvalue weighted by molar-refractivity contribution is 5.78. The van der Waals surface area contributed by atoms with Crippen LogP contribution in [0.15, 0.2) is 42.6 Å². The minimum atomic E-state index is 0.0355. The summed E-state index contributed by atoms with van der Waals surface area (Å²) in [6.45, 7) is 5.22. The number of rotatable bonds is 7. The number of hydrogen-bond acceptors (Lipinski definition) is 5. The first-order valence-corrected chi connectivity index (χ1v) is 9.51. The summed E-state index contributed by atoms with van der Waals surface area (Å²) in [5, 5.41) is 13.3. The maximum atomic E-state index is 12.4. The van der Waals surface area contributed by atoms with Crippen LogP contribution in [0.25, 0.3) is 0 Å². The van der Waals surface area contributed by atoms with Gasteiger partial charge in [0.25, 0.3) is 0 Å². The molecular weight excluding hydrogens is 342 g/mol. The molecule has 0 radical (unpaired) electrons. The fourth-order valence-electron chi connectivity index (χ4n) is 3.39. The van der Waals surface area contributed by atoms with Crippen molar-refractivity contribution >= 4 is 5.91 Å². The molecule has 0 aliphatic carbocycles. The molecule has 6 heteroatoms. The third kappa shape index (κ3) is 5.20. The van der Waals surface area contributed by atoms with Gasteiger partial charge in [0.1, 0.15) is 0 Å². The molecule has 1 amide bonds.